The zero-order valence-electron chi connectivity index (χ0n) is 20.5. The summed E-state index contributed by atoms with van der Waals surface area (Å²) in [5.74, 6) is -0.721. The second-order valence-electron chi connectivity index (χ2n) is 8.62. The smallest absolute Gasteiger partial charge is 0.323 e. The van der Waals surface area contributed by atoms with Crippen LogP contribution in [0.15, 0.2) is 121 Å². The zero-order valence-corrected chi connectivity index (χ0v) is 21.3. The fourth-order valence-corrected chi connectivity index (χ4v) is 4.57. The largest absolute Gasteiger partial charge is 0.468 e. The molecule has 4 aromatic rings. The molecular formula is C32H28ClNO3. The Kier molecular flexibility index (Phi) is 8.68. The SMILES string of the molecule is COC(=O)[C@H](CC(=O)/C=C/c1ccc(Cl)cc1)NC(c1ccccc1)(c1ccccc1)c1ccccc1. The lowest BCUT2D eigenvalue weighted by atomic mass is 9.76. The van der Waals surface area contributed by atoms with E-state index in [1.54, 1.807) is 18.2 Å². The van der Waals surface area contributed by atoms with Crippen molar-refractivity contribution in [1.29, 1.82) is 0 Å². The molecule has 4 nitrogen and oxygen atoms in total. The number of ketones is 1. The number of methoxy groups -OCH3 is 1. The van der Waals surface area contributed by atoms with Crippen LogP contribution in [0.25, 0.3) is 6.08 Å². The molecular weight excluding hydrogens is 482 g/mol. The van der Waals surface area contributed by atoms with Gasteiger partial charge >= 0.3 is 5.97 Å². The van der Waals surface area contributed by atoms with Gasteiger partial charge < -0.3 is 4.74 Å². The molecule has 0 aliphatic heterocycles. The average molecular weight is 510 g/mol. The molecule has 0 aliphatic rings. The molecule has 0 unspecified atom stereocenters. The van der Waals surface area contributed by atoms with E-state index in [0.29, 0.717) is 5.02 Å². The lowest BCUT2D eigenvalue weighted by Gasteiger charge is -2.39. The van der Waals surface area contributed by atoms with Gasteiger partial charge in [-0.1, -0.05) is 121 Å². The quantitative estimate of drug-likeness (QED) is 0.152. The number of carbonyl (C=O) groups is 2. The average Bonchev–Trinajstić information content (AvgIpc) is 2.96. The summed E-state index contributed by atoms with van der Waals surface area (Å²) in [4.78, 5) is 26.1. The Morgan fingerprint density at radius 1 is 0.784 bits per heavy atom. The number of carbonyl (C=O) groups excluding carboxylic acids is 2. The minimum atomic E-state index is -0.914. The first-order valence-corrected chi connectivity index (χ1v) is 12.4. The molecule has 0 aromatic heterocycles. The number of hydrogen-bond donors (Lipinski definition) is 1. The highest BCUT2D eigenvalue weighted by molar-refractivity contribution is 6.30. The lowest BCUT2D eigenvalue weighted by molar-refractivity contribution is -0.144. The molecule has 1 N–H and O–H groups in total. The summed E-state index contributed by atoms with van der Waals surface area (Å²) >= 11 is 5.96. The summed E-state index contributed by atoms with van der Waals surface area (Å²) in [7, 11) is 1.33. The highest BCUT2D eigenvalue weighted by atomic mass is 35.5. The van der Waals surface area contributed by atoms with E-state index in [4.69, 9.17) is 16.3 Å². The topological polar surface area (TPSA) is 55.4 Å². The molecule has 5 heteroatoms. The van der Waals surface area contributed by atoms with Crippen molar-refractivity contribution in [3.63, 3.8) is 0 Å². The van der Waals surface area contributed by atoms with E-state index in [1.165, 1.54) is 13.2 Å². The summed E-state index contributed by atoms with van der Waals surface area (Å²) in [6, 6.07) is 36.0. The molecule has 0 saturated carbocycles. The predicted molar refractivity (Wildman–Crippen MR) is 148 cm³/mol. The maximum absolute atomic E-state index is 13.1. The van der Waals surface area contributed by atoms with E-state index in [2.05, 4.69) is 5.32 Å². The lowest BCUT2D eigenvalue weighted by Crippen LogP contribution is -2.53. The second-order valence-corrected chi connectivity index (χ2v) is 9.06. The molecule has 0 spiro atoms. The van der Waals surface area contributed by atoms with Crippen LogP contribution in [0.4, 0.5) is 0 Å². The van der Waals surface area contributed by atoms with Crippen molar-refractivity contribution in [3.8, 4) is 0 Å². The van der Waals surface area contributed by atoms with Gasteiger partial charge in [-0.15, -0.1) is 0 Å². The van der Waals surface area contributed by atoms with Gasteiger partial charge in [-0.25, -0.2) is 0 Å². The Hall–Kier alpha value is -3.99. The minimum Gasteiger partial charge on any atom is -0.468 e. The molecule has 0 aliphatic carbocycles. The number of nitrogens with one attached hydrogen (secondary N) is 1. The predicted octanol–water partition coefficient (Wildman–Crippen LogP) is 6.44. The number of rotatable bonds is 10. The molecule has 0 fully saturated rings. The zero-order chi connectivity index (χ0) is 26.1. The van der Waals surface area contributed by atoms with Gasteiger partial charge in [0.1, 0.15) is 6.04 Å². The molecule has 0 heterocycles. The summed E-state index contributed by atoms with van der Waals surface area (Å²) in [5, 5.41) is 4.18. The van der Waals surface area contributed by atoms with Crippen molar-refractivity contribution in [3.05, 3.63) is 149 Å². The maximum Gasteiger partial charge on any atom is 0.323 e. The highest BCUT2D eigenvalue weighted by Crippen LogP contribution is 2.37. The molecule has 4 rings (SSSR count). The van der Waals surface area contributed by atoms with Crippen molar-refractivity contribution < 1.29 is 14.3 Å². The Balaban J connectivity index is 1.76. The third kappa shape index (κ3) is 6.23. The fraction of sp³-hybridized carbons (Fsp3) is 0.125. The van der Waals surface area contributed by atoms with Crippen LogP contribution in [0, 0.1) is 0 Å². The summed E-state index contributed by atoms with van der Waals surface area (Å²) in [5.41, 5.74) is 2.73. The Morgan fingerprint density at radius 3 is 1.68 bits per heavy atom. The standard InChI is InChI=1S/C32H28ClNO3/c1-37-31(36)30(23-29(35)22-19-24-17-20-28(33)21-18-24)34-32(25-11-5-2-6-12-25,26-13-7-3-8-14-26)27-15-9-4-10-16-27/h2-22,30,34H,23H2,1H3/b22-19+/t30-/m0/s1. The van der Waals surface area contributed by atoms with Crippen molar-refractivity contribution in [2.75, 3.05) is 7.11 Å². The first-order chi connectivity index (χ1) is 18.0. The number of halogens is 1. The Morgan fingerprint density at radius 2 is 1.24 bits per heavy atom. The first kappa shape index (κ1) is 26.1. The van der Waals surface area contributed by atoms with Crippen LogP contribution in [0.2, 0.25) is 5.02 Å². The van der Waals surface area contributed by atoms with Crippen LogP contribution < -0.4 is 5.32 Å². The van der Waals surface area contributed by atoms with E-state index in [-0.39, 0.29) is 12.2 Å². The minimum absolute atomic E-state index is 0.0784. The van der Waals surface area contributed by atoms with Gasteiger partial charge in [0.25, 0.3) is 0 Å². The number of ether oxygens (including phenoxy) is 1. The molecule has 37 heavy (non-hydrogen) atoms. The van der Waals surface area contributed by atoms with Gasteiger partial charge in [0.15, 0.2) is 5.78 Å². The Bertz CT molecular complexity index is 1240. The summed E-state index contributed by atoms with van der Waals surface area (Å²) in [6.45, 7) is 0. The van der Waals surface area contributed by atoms with Crippen molar-refractivity contribution in [1.82, 2.24) is 5.32 Å². The van der Waals surface area contributed by atoms with E-state index in [9.17, 15) is 9.59 Å². The van der Waals surface area contributed by atoms with E-state index in [0.717, 1.165) is 22.3 Å². The number of esters is 1. The Labute approximate surface area is 222 Å². The van der Waals surface area contributed by atoms with Crippen LogP contribution in [-0.2, 0) is 19.9 Å². The molecule has 186 valence electrons. The summed E-state index contributed by atoms with van der Waals surface area (Å²) < 4.78 is 5.15. The van der Waals surface area contributed by atoms with Crippen LogP contribution in [0.3, 0.4) is 0 Å². The molecule has 0 bridgehead atoms. The molecule has 0 amide bonds. The monoisotopic (exact) mass is 509 g/mol. The van der Waals surface area contributed by atoms with E-state index in [1.807, 2.05) is 103 Å². The van der Waals surface area contributed by atoms with Crippen molar-refractivity contribution >= 4 is 29.4 Å². The van der Waals surface area contributed by atoms with Crippen LogP contribution in [0.5, 0.6) is 0 Å². The third-order valence-electron chi connectivity index (χ3n) is 6.23. The third-order valence-corrected chi connectivity index (χ3v) is 6.49. The highest BCUT2D eigenvalue weighted by Gasteiger charge is 2.40. The van der Waals surface area contributed by atoms with Gasteiger partial charge in [-0.05, 0) is 40.5 Å². The second kappa shape index (κ2) is 12.3. The van der Waals surface area contributed by atoms with Crippen LogP contribution in [-0.4, -0.2) is 24.9 Å². The number of benzene rings is 4. The van der Waals surface area contributed by atoms with E-state index < -0.39 is 17.6 Å². The maximum atomic E-state index is 13.1. The van der Waals surface area contributed by atoms with Gasteiger partial charge in [0.2, 0.25) is 0 Å². The first-order valence-electron chi connectivity index (χ1n) is 12.0. The van der Waals surface area contributed by atoms with Crippen molar-refractivity contribution in [2.45, 2.75) is 18.0 Å². The normalized spacial score (nSPS) is 12.3. The fourth-order valence-electron chi connectivity index (χ4n) is 4.44. The van der Waals surface area contributed by atoms with Gasteiger partial charge in [-0.3, -0.25) is 14.9 Å². The number of hydrogen-bond acceptors (Lipinski definition) is 4. The summed E-state index contributed by atoms with van der Waals surface area (Å²) in [6.07, 6.45) is 3.12. The van der Waals surface area contributed by atoms with Crippen LogP contribution in [0.1, 0.15) is 28.7 Å². The molecule has 0 radical (unpaired) electrons. The van der Waals surface area contributed by atoms with Gasteiger partial charge in [0.05, 0.1) is 12.6 Å². The number of allylic oxidation sites excluding steroid dienone is 1. The van der Waals surface area contributed by atoms with Gasteiger partial charge in [-0.2, -0.15) is 0 Å². The van der Waals surface area contributed by atoms with Gasteiger partial charge in [0, 0.05) is 11.4 Å². The van der Waals surface area contributed by atoms with Crippen LogP contribution >= 0.6 is 11.6 Å². The van der Waals surface area contributed by atoms with Crippen molar-refractivity contribution in [2.24, 2.45) is 0 Å². The molecule has 4 aromatic carbocycles. The molecule has 0 saturated heterocycles. The molecule has 1 atom stereocenters. The van der Waals surface area contributed by atoms with E-state index >= 15 is 0 Å².